The summed E-state index contributed by atoms with van der Waals surface area (Å²) >= 11 is 0. The molecule has 23 heavy (non-hydrogen) atoms. The van der Waals surface area contributed by atoms with E-state index in [1.807, 2.05) is 17.9 Å². The Morgan fingerprint density at radius 3 is 2.91 bits per heavy atom. The highest BCUT2D eigenvalue weighted by molar-refractivity contribution is 5.76. The Morgan fingerprint density at radius 2 is 2.22 bits per heavy atom. The van der Waals surface area contributed by atoms with Gasteiger partial charge in [-0.05, 0) is 51.5 Å². The molecule has 1 aromatic heterocycles. The third kappa shape index (κ3) is 4.89. The number of methoxy groups -OCH3 is 1. The second-order valence-corrected chi connectivity index (χ2v) is 6.39. The van der Waals surface area contributed by atoms with Gasteiger partial charge in [0.05, 0.1) is 0 Å². The van der Waals surface area contributed by atoms with Crippen LogP contribution in [0.4, 0.5) is 0 Å². The van der Waals surface area contributed by atoms with E-state index in [0.29, 0.717) is 11.6 Å². The molecule has 1 fully saturated rings. The zero-order chi connectivity index (χ0) is 16.8. The number of hydrogen-bond donors (Lipinski definition) is 0. The molecule has 0 N–H and O–H groups in total. The highest BCUT2D eigenvalue weighted by Gasteiger charge is 2.24. The normalized spacial score (nSPS) is 18.2. The molecular weight excluding hydrogens is 294 g/mol. The minimum atomic E-state index is -0.343. The highest BCUT2D eigenvalue weighted by atomic mass is 16.5. The quantitative estimate of drug-likeness (QED) is 0.745. The Balaban J connectivity index is 1.96. The van der Waals surface area contributed by atoms with E-state index in [4.69, 9.17) is 4.74 Å². The largest absolute Gasteiger partial charge is 0.385 e. The van der Waals surface area contributed by atoms with Crippen LogP contribution in [0.15, 0.2) is 10.9 Å². The monoisotopic (exact) mass is 321 g/mol. The number of carbonyl (C=O) groups excluding carboxylic acids is 1. The van der Waals surface area contributed by atoms with E-state index < -0.39 is 0 Å². The van der Waals surface area contributed by atoms with Gasteiger partial charge in [-0.3, -0.25) is 9.36 Å². The van der Waals surface area contributed by atoms with Gasteiger partial charge in [-0.1, -0.05) is 0 Å². The van der Waals surface area contributed by atoms with E-state index >= 15 is 0 Å². The number of hydrogen-bond acceptors (Lipinski definition) is 4. The zero-order valence-electron chi connectivity index (χ0n) is 14.4. The van der Waals surface area contributed by atoms with Crippen molar-refractivity contribution in [2.24, 2.45) is 5.92 Å². The van der Waals surface area contributed by atoms with Crippen LogP contribution >= 0.6 is 0 Å². The third-order valence-electron chi connectivity index (χ3n) is 4.47. The summed E-state index contributed by atoms with van der Waals surface area (Å²) in [6.07, 6.45) is 4.31. The SMILES string of the molecule is COCCC[C@H]1CCCN(C(=O)Cn2c(C)cc(C)nc2=O)C1. The van der Waals surface area contributed by atoms with Gasteiger partial charge in [-0.25, -0.2) is 4.79 Å². The fraction of sp³-hybridized carbons (Fsp3) is 0.706. The predicted octanol–water partition coefficient (Wildman–Crippen LogP) is 1.53. The minimum absolute atomic E-state index is 0.0114. The van der Waals surface area contributed by atoms with E-state index in [0.717, 1.165) is 44.7 Å². The van der Waals surface area contributed by atoms with Crippen LogP contribution in [0.5, 0.6) is 0 Å². The molecule has 0 bridgehead atoms. The molecule has 1 aromatic rings. The highest BCUT2D eigenvalue weighted by Crippen LogP contribution is 2.21. The number of amides is 1. The molecule has 0 aromatic carbocycles. The van der Waals surface area contributed by atoms with Gasteiger partial charge < -0.3 is 9.64 Å². The predicted molar refractivity (Wildman–Crippen MR) is 88.4 cm³/mol. The fourth-order valence-electron chi connectivity index (χ4n) is 3.25. The van der Waals surface area contributed by atoms with Crippen molar-refractivity contribution in [2.75, 3.05) is 26.8 Å². The van der Waals surface area contributed by atoms with Crippen molar-refractivity contribution < 1.29 is 9.53 Å². The van der Waals surface area contributed by atoms with Crippen molar-refractivity contribution in [3.8, 4) is 0 Å². The summed E-state index contributed by atoms with van der Waals surface area (Å²) in [7, 11) is 1.71. The van der Waals surface area contributed by atoms with Crippen molar-refractivity contribution in [2.45, 2.75) is 46.1 Å². The summed E-state index contributed by atoms with van der Waals surface area (Å²) in [4.78, 5) is 30.3. The molecule has 6 nitrogen and oxygen atoms in total. The Hall–Kier alpha value is -1.69. The summed E-state index contributed by atoms with van der Waals surface area (Å²) < 4.78 is 6.56. The molecular formula is C17H27N3O3. The van der Waals surface area contributed by atoms with Gasteiger partial charge in [0, 0.05) is 38.2 Å². The smallest absolute Gasteiger partial charge is 0.348 e. The molecule has 1 amide bonds. The summed E-state index contributed by atoms with van der Waals surface area (Å²) in [5, 5.41) is 0. The first-order valence-corrected chi connectivity index (χ1v) is 8.33. The van der Waals surface area contributed by atoms with Crippen LogP contribution in [-0.2, 0) is 16.1 Å². The van der Waals surface area contributed by atoms with Crippen molar-refractivity contribution in [1.29, 1.82) is 0 Å². The van der Waals surface area contributed by atoms with Crippen LogP contribution < -0.4 is 5.69 Å². The Kier molecular flexibility index (Phi) is 6.33. The van der Waals surface area contributed by atoms with Crippen molar-refractivity contribution in [3.05, 3.63) is 27.9 Å². The van der Waals surface area contributed by atoms with Crippen molar-refractivity contribution in [3.63, 3.8) is 0 Å². The topological polar surface area (TPSA) is 64.4 Å². The summed E-state index contributed by atoms with van der Waals surface area (Å²) in [5.74, 6) is 0.550. The molecule has 1 aliphatic heterocycles. The molecule has 0 spiro atoms. The average Bonchev–Trinajstić information content (AvgIpc) is 2.51. The first-order chi connectivity index (χ1) is 11.0. The number of carbonyl (C=O) groups is 1. The van der Waals surface area contributed by atoms with Crippen molar-refractivity contribution >= 4 is 5.91 Å². The van der Waals surface area contributed by atoms with Gasteiger partial charge >= 0.3 is 5.69 Å². The van der Waals surface area contributed by atoms with Crippen LogP contribution in [0.2, 0.25) is 0 Å². The minimum Gasteiger partial charge on any atom is -0.385 e. The van der Waals surface area contributed by atoms with E-state index in [1.165, 1.54) is 11.0 Å². The molecule has 6 heteroatoms. The van der Waals surface area contributed by atoms with Crippen molar-refractivity contribution in [1.82, 2.24) is 14.5 Å². The number of aryl methyl sites for hydroxylation is 2. The standard InChI is InChI=1S/C17H27N3O3/c1-13-10-14(2)20(17(22)18-13)12-16(21)19-8-4-6-15(11-19)7-5-9-23-3/h10,15H,4-9,11-12H2,1-3H3/t15-/m1/s1. The molecule has 0 radical (unpaired) electrons. The lowest BCUT2D eigenvalue weighted by Gasteiger charge is -2.33. The Labute approximate surface area is 137 Å². The second-order valence-electron chi connectivity index (χ2n) is 6.39. The zero-order valence-corrected chi connectivity index (χ0v) is 14.4. The molecule has 1 aliphatic rings. The lowest BCUT2D eigenvalue weighted by Crippen LogP contribution is -2.43. The number of piperidine rings is 1. The first kappa shape index (κ1) is 17.7. The molecule has 0 saturated carbocycles. The van der Waals surface area contributed by atoms with E-state index in [-0.39, 0.29) is 18.1 Å². The molecule has 2 rings (SSSR count). The van der Waals surface area contributed by atoms with Crippen LogP contribution in [0.3, 0.4) is 0 Å². The first-order valence-electron chi connectivity index (χ1n) is 8.33. The third-order valence-corrected chi connectivity index (χ3v) is 4.47. The Morgan fingerprint density at radius 1 is 1.43 bits per heavy atom. The van der Waals surface area contributed by atoms with E-state index in [2.05, 4.69) is 4.98 Å². The lowest BCUT2D eigenvalue weighted by molar-refractivity contribution is -0.133. The van der Waals surface area contributed by atoms with Gasteiger partial charge in [-0.2, -0.15) is 4.98 Å². The lowest BCUT2D eigenvalue weighted by atomic mass is 9.93. The summed E-state index contributed by atoms with van der Waals surface area (Å²) in [5.41, 5.74) is 1.13. The summed E-state index contributed by atoms with van der Waals surface area (Å²) in [6.45, 7) is 6.06. The molecule has 1 atom stereocenters. The second kappa shape index (κ2) is 8.24. The van der Waals surface area contributed by atoms with Crippen LogP contribution in [0.25, 0.3) is 0 Å². The van der Waals surface area contributed by atoms with E-state index in [1.54, 1.807) is 14.0 Å². The maximum atomic E-state index is 12.5. The van der Waals surface area contributed by atoms with Crippen LogP contribution in [0.1, 0.15) is 37.1 Å². The number of ether oxygens (including phenoxy) is 1. The molecule has 2 heterocycles. The van der Waals surface area contributed by atoms with Crippen LogP contribution in [0, 0.1) is 19.8 Å². The van der Waals surface area contributed by atoms with Gasteiger partial charge in [0.15, 0.2) is 0 Å². The average molecular weight is 321 g/mol. The van der Waals surface area contributed by atoms with Crippen LogP contribution in [-0.4, -0.2) is 47.2 Å². The molecule has 0 aliphatic carbocycles. The molecule has 0 unspecified atom stereocenters. The number of rotatable bonds is 6. The molecule has 1 saturated heterocycles. The number of nitrogens with zero attached hydrogens (tertiary/aromatic N) is 3. The maximum absolute atomic E-state index is 12.5. The van der Waals surface area contributed by atoms with Gasteiger partial charge in [0.1, 0.15) is 6.54 Å². The fourth-order valence-corrected chi connectivity index (χ4v) is 3.25. The number of likely N-dealkylation sites (tertiary alicyclic amines) is 1. The Bertz CT molecular complexity index is 597. The van der Waals surface area contributed by atoms with Gasteiger partial charge in [0.25, 0.3) is 0 Å². The molecule has 128 valence electrons. The van der Waals surface area contributed by atoms with Gasteiger partial charge in [0.2, 0.25) is 5.91 Å². The van der Waals surface area contributed by atoms with Gasteiger partial charge in [-0.15, -0.1) is 0 Å². The van der Waals surface area contributed by atoms with E-state index in [9.17, 15) is 9.59 Å². The number of aromatic nitrogens is 2. The maximum Gasteiger partial charge on any atom is 0.348 e. The summed E-state index contributed by atoms with van der Waals surface area (Å²) in [6, 6.07) is 1.83.